The van der Waals surface area contributed by atoms with Gasteiger partial charge in [-0.1, -0.05) is 67.8 Å². The zero-order valence-corrected chi connectivity index (χ0v) is 14.3. The van der Waals surface area contributed by atoms with Crippen LogP contribution in [-0.4, -0.2) is 16.5 Å². The molecule has 1 unspecified atom stereocenters. The van der Waals surface area contributed by atoms with Crippen LogP contribution in [0.5, 0.6) is 0 Å². The van der Waals surface area contributed by atoms with Crippen LogP contribution in [0.25, 0.3) is 0 Å². The third-order valence-electron chi connectivity index (χ3n) is 3.09. The Kier molecular flexibility index (Phi) is 10.6. The molecule has 19 heavy (non-hydrogen) atoms. The van der Waals surface area contributed by atoms with Crippen LogP contribution in [0.1, 0.15) is 78.6 Å². The first-order valence-electron chi connectivity index (χ1n) is 7.53. The summed E-state index contributed by atoms with van der Waals surface area (Å²) in [5.74, 6) is -0.292. The summed E-state index contributed by atoms with van der Waals surface area (Å²) < 4.78 is 4.52. The first kappa shape index (κ1) is 18.9. The highest BCUT2D eigenvalue weighted by Crippen LogP contribution is 2.19. The number of hydrogen-bond donors (Lipinski definition) is 1. The van der Waals surface area contributed by atoms with Gasteiger partial charge in [0, 0.05) is 0 Å². The van der Waals surface area contributed by atoms with Gasteiger partial charge in [-0.15, -0.1) is 0 Å². The SMILES string of the molecule is CCCCCCCCCCC(N)OC(=O)C(C)(C)Br. The third kappa shape index (κ3) is 11.4. The summed E-state index contributed by atoms with van der Waals surface area (Å²) in [6.45, 7) is 5.76. The fraction of sp³-hybridized carbons (Fsp3) is 0.933. The van der Waals surface area contributed by atoms with E-state index in [1.54, 1.807) is 13.8 Å². The Balaban J connectivity index is 3.44. The molecule has 3 nitrogen and oxygen atoms in total. The number of rotatable bonds is 11. The highest BCUT2D eigenvalue weighted by molar-refractivity contribution is 9.10. The van der Waals surface area contributed by atoms with Crippen molar-refractivity contribution >= 4 is 21.9 Å². The molecule has 2 N–H and O–H groups in total. The first-order chi connectivity index (χ1) is 8.88. The van der Waals surface area contributed by atoms with Gasteiger partial charge in [-0.3, -0.25) is 10.5 Å². The second kappa shape index (κ2) is 10.7. The number of nitrogens with two attached hydrogens (primary N) is 1. The van der Waals surface area contributed by atoms with Crippen LogP contribution in [0.15, 0.2) is 0 Å². The van der Waals surface area contributed by atoms with Crippen molar-refractivity contribution in [3.8, 4) is 0 Å². The van der Waals surface area contributed by atoms with Crippen LogP contribution in [0, 0.1) is 0 Å². The fourth-order valence-corrected chi connectivity index (χ4v) is 1.91. The number of halogens is 1. The van der Waals surface area contributed by atoms with Gasteiger partial charge < -0.3 is 4.74 Å². The monoisotopic (exact) mass is 335 g/mol. The molecule has 0 spiro atoms. The standard InChI is InChI=1S/C15H30BrNO2/c1-4-5-6-7-8-9-10-11-12-13(17)19-14(18)15(2,3)16/h13H,4-12,17H2,1-3H3. The molecule has 0 heterocycles. The number of esters is 1. The van der Waals surface area contributed by atoms with Crippen molar-refractivity contribution in [2.75, 3.05) is 0 Å². The molecule has 0 aliphatic heterocycles. The fourth-order valence-electron chi connectivity index (χ4n) is 1.82. The lowest BCUT2D eigenvalue weighted by atomic mass is 10.1. The van der Waals surface area contributed by atoms with Crippen LogP contribution >= 0.6 is 15.9 Å². The zero-order valence-electron chi connectivity index (χ0n) is 12.7. The Morgan fingerprint density at radius 2 is 1.58 bits per heavy atom. The summed E-state index contributed by atoms with van der Waals surface area (Å²) in [4.78, 5) is 11.6. The van der Waals surface area contributed by atoms with E-state index in [1.165, 1.54) is 44.9 Å². The molecule has 0 bridgehead atoms. The minimum absolute atomic E-state index is 0.292. The van der Waals surface area contributed by atoms with Crippen molar-refractivity contribution in [1.29, 1.82) is 0 Å². The van der Waals surface area contributed by atoms with Gasteiger partial charge in [0.15, 0.2) is 6.23 Å². The second-order valence-corrected chi connectivity index (χ2v) is 7.66. The predicted molar refractivity (Wildman–Crippen MR) is 84.3 cm³/mol. The maximum absolute atomic E-state index is 11.6. The lowest BCUT2D eigenvalue weighted by molar-refractivity contribution is -0.150. The largest absolute Gasteiger partial charge is 0.446 e. The van der Waals surface area contributed by atoms with Crippen LogP contribution in [0.2, 0.25) is 0 Å². The Morgan fingerprint density at radius 1 is 1.11 bits per heavy atom. The number of carbonyl (C=O) groups is 1. The maximum Gasteiger partial charge on any atom is 0.323 e. The number of hydrogen-bond acceptors (Lipinski definition) is 3. The third-order valence-corrected chi connectivity index (χ3v) is 3.41. The molecule has 0 aliphatic carbocycles. The molecule has 0 saturated heterocycles. The van der Waals surface area contributed by atoms with Crippen molar-refractivity contribution < 1.29 is 9.53 Å². The van der Waals surface area contributed by atoms with Crippen molar-refractivity contribution in [3.63, 3.8) is 0 Å². The molecule has 114 valence electrons. The molecule has 1 atom stereocenters. The molecule has 0 aliphatic rings. The molecule has 0 aromatic heterocycles. The average Bonchev–Trinajstić information content (AvgIpc) is 2.31. The van der Waals surface area contributed by atoms with Gasteiger partial charge in [0.1, 0.15) is 4.32 Å². The van der Waals surface area contributed by atoms with Crippen LogP contribution < -0.4 is 5.73 Å². The molecular formula is C15H30BrNO2. The Morgan fingerprint density at radius 3 is 2.05 bits per heavy atom. The van der Waals surface area contributed by atoms with Crippen molar-refractivity contribution in [2.45, 2.75) is 89.1 Å². The van der Waals surface area contributed by atoms with Crippen molar-refractivity contribution in [1.82, 2.24) is 0 Å². The lowest BCUT2D eigenvalue weighted by Crippen LogP contribution is -2.35. The molecule has 0 saturated carbocycles. The van der Waals surface area contributed by atoms with E-state index in [-0.39, 0.29) is 5.97 Å². The number of unbranched alkanes of at least 4 members (excludes halogenated alkanes) is 7. The van der Waals surface area contributed by atoms with Gasteiger partial charge in [-0.2, -0.15) is 0 Å². The van der Waals surface area contributed by atoms with E-state index >= 15 is 0 Å². The summed E-state index contributed by atoms with van der Waals surface area (Å²) in [7, 11) is 0. The summed E-state index contributed by atoms with van der Waals surface area (Å²) in [6.07, 6.45) is 10.4. The Hall–Kier alpha value is -0.0900. The van der Waals surface area contributed by atoms with Crippen LogP contribution in [-0.2, 0) is 9.53 Å². The van der Waals surface area contributed by atoms with Crippen molar-refractivity contribution in [2.24, 2.45) is 5.73 Å². The summed E-state index contributed by atoms with van der Waals surface area (Å²) in [5.41, 5.74) is 5.79. The minimum Gasteiger partial charge on any atom is -0.446 e. The van der Waals surface area contributed by atoms with Gasteiger partial charge in [-0.25, -0.2) is 0 Å². The van der Waals surface area contributed by atoms with E-state index in [9.17, 15) is 4.79 Å². The minimum atomic E-state index is -0.649. The molecular weight excluding hydrogens is 306 g/mol. The average molecular weight is 336 g/mol. The molecule has 0 fully saturated rings. The summed E-state index contributed by atoms with van der Waals surface area (Å²) in [6, 6.07) is 0. The predicted octanol–water partition coefficient (Wildman–Crippen LogP) is 4.52. The van der Waals surface area contributed by atoms with E-state index in [0.29, 0.717) is 0 Å². The lowest BCUT2D eigenvalue weighted by Gasteiger charge is -2.19. The molecule has 0 aromatic carbocycles. The molecule has 0 aromatic rings. The highest BCUT2D eigenvalue weighted by atomic mass is 79.9. The van der Waals surface area contributed by atoms with E-state index in [0.717, 1.165) is 12.8 Å². The quantitative estimate of drug-likeness (QED) is 0.261. The normalized spacial score (nSPS) is 13.3. The maximum atomic E-state index is 11.6. The Labute approximate surface area is 126 Å². The van der Waals surface area contributed by atoms with Gasteiger partial charge in [0.25, 0.3) is 0 Å². The topological polar surface area (TPSA) is 52.3 Å². The van der Waals surface area contributed by atoms with E-state index in [1.807, 2.05) is 0 Å². The number of ether oxygens (including phenoxy) is 1. The first-order valence-corrected chi connectivity index (χ1v) is 8.32. The molecule has 0 rings (SSSR count). The smallest absolute Gasteiger partial charge is 0.323 e. The van der Waals surface area contributed by atoms with Gasteiger partial charge >= 0.3 is 5.97 Å². The zero-order chi connectivity index (χ0) is 14.7. The second-order valence-electron chi connectivity index (χ2n) is 5.68. The summed E-state index contributed by atoms with van der Waals surface area (Å²) in [5, 5.41) is 0. The van der Waals surface area contributed by atoms with E-state index < -0.39 is 10.6 Å². The van der Waals surface area contributed by atoms with Crippen molar-refractivity contribution in [3.05, 3.63) is 0 Å². The summed E-state index contributed by atoms with van der Waals surface area (Å²) >= 11 is 3.27. The van der Waals surface area contributed by atoms with Crippen LogP contribution in [0.3, 0.4) is 0 Å². The highest BCUT2D eigenvalue weighted by Gasteiger charge is 2.27. The van der Waals surface area contributed by atoms with E-state index in [4.69, 9.17) is 10.5 Å². The van der Waals surface area contributed by atoms with Gasteiger partial charge in [-0.05, 0) is 26.7 Å². The van der Waals surface area contributed by atoms with E-state index in [2.05, 4.69) is 22.9 Å². The van der Waals surface area contributed by atoms with Crippen LogP contribution in [0.4, 0.5) is 0 Å². The molecule has 0 radical (unpaired) electrons. The van der Waals surface area contributed by atoms with Gasteiger partial charge in [0.2, 0.25) is 0 Å². The molecule has 4 heteroatoms. The Bertz CT molecular complexity index is 239. The number of alkyl halides is 1. The van der Waals surface area contributed by atoms with Gasteiger partial charge in [0.05, 0.1) is 0 Å². The molecule has 0 amide bonds. The number of carbonyl (C=O) groups excluding carboxylic acids is 1.